The first-order chi connectivity index (χ1) is 14.8. The van der Waals surface area contributed by atoms with Crippen molar-refractivity contribution in [1.82, 2.24) is 4.90 Å². The third kappa shape index (κ3) is 4.27. The van der Waals surface area contributed by atoms with Gasteiger partial charge in [0.2, 0.25) is 6.79 Å². The predicted molar refractivity (Wildman–Crippen MR) is 114 cm³/mol. The number of likely N-dealkylation sites (tertiary alicyclic amines) is 1. The van der Waals surface area contributed by atoms with Crippen molar-refractivity contribution >= 4 is 0 Å². The van der Waals surface area contributed by atoms with Crippen LogP contribution in [0.2, 0.25) is 0 Å². The van der Waals surface area contributed by atoms with Crippen molar-refractivity contribution in [1.29, 1.82) is 0 Å². The molecule has 0 radical (unpaired) electrons. The van der Waals surface area contributed by atoms with Gasteiger partial charge in [0.1, 0.15) is 11.6 Å². The zero-order valence-corrected chi connectivity index (χ0v) is 17.4. The van der Waals surface area contributed by atoms with Crippen LogP contribution < -0.4 is 14.2 Å². The summed E-state index contributed by atoms with van der Waals surface area (Å²) in [5.74, 6) is 2.91. The number of nitrogens with zero attached hydrogens (tertiary/aromatic N) is 1. The topological polar surface area (TPSA) is 30.9 Å². The van der Waals surface area contributed by atoms with Crippen LogP contribution in [0.5, 0.6) is 17.2 Å². The Kier molecular flexibility index (Phi) is 5.80. The lowest BCUT2D eigenvalue weighted by Crippen LogP contribution is -2.47. The molecule has 5 rings (SSSR count). The van der Waals surface area contributed by atoms with Crippen LogP contribution in [0, 0.1) is 11.7 Å². The summed E-state index contributed by atoms with van der Waals surface area (Å²) in [7, 11) is 0. The average Bonchev–Trinajstić information content (AvgIpc) is 3.27. The van der Waals surface area contributed by atoms with E-state index in [2.05, 4.69) is 4.90 Å². The minimum Gasteiger partial charge on any atom is -0.493 e. The van der Waals surface area contributed by atoms with Crippen molar-refractivity contribution < 1.29 is 18.6 Å². The Morgan fingerprint density at radius 3 is 2.57 bits per heavy atom. The van der Waals surface area contributed by atoms with Crippen LogP contribution in [0.1, 0.15) is 50.0 Å². The average molecular weight is 412 g/mol. The largest absolute Gasteiger partial charge is 0.493 e. The van der Waals surface area contributed by atoms with E-state index < -0.39 is 0 Å². The van der Waals surface area contributed by atoms with Crippen LogP contribution in [0.25, 0.3) is 0 Å². The Morgan fingerprint density at radius 2 is 1.73 bits per heavy atom. The molecule has 2 heterocycles. The smallest absolute Gasteiger partial charge is 0.231 e. The molecule has 1 saturated heterocycles. The van der Waals surface area contributed by atoms with Gasteiger partial charge >= 0.3 is 0 Å². The molecule has 1 saturated carbocycles. The fraction of sp³-hybridized carbons (Fsp3) is 0.520. The second-order valence-corrected chi connectivity index (χ2v) is 8.82. The second-order valence-electron chi connectivity index (χ2n) is 8.82. The molecule has 0 unspecified atom stereocenters. The van der Waals surface area contributed by atoms with Gasteiger partial charge in [-0.1, -0.05) is 31.4 Å². The summed E-state index contributed by atoms with van der Waals surface area (Å²) in [5.41, 5.74) is 1.22. The quantitative estimate of drug-likeness (QED) is 0.662. The number of hydrogen-bond acceptors (Lipinski definition) is 4. The lowest BCUT2D eigenvalue weighted by atomic mass is 9.79. The summed E-state index contributed by atoms with van der Waals surface area (Å²) in [5, 5.41) is 0. The molecule has 30 heavy (non-hydrogen) atoms. The van der Waals surface area contributed by atoms with Crippen molar-refractivity contribution in [2.45, 2.75) is 50.5 Å². The lowest BCUT2D eigenvalue weighted by Gasteiger charge is -2.43. The number of piperidine rings is 1. The molecular formula is C25H30FNO3. The summed E-state index contributed by atoms with van der Waals surface area (Å²) < 4.78 is 30.6. The molecule has 0 spiro atoms. The standard InChI is InChI=1S/C25H30FNO3/c26-20-8-6-18(7-9-20)23-12-13-27(21-4-2-1-3-5-21)15-19(23)16-28-22-10-11-24-25(14-22)30-17-29-24/h6-11,14,19,21,23H,1-5,12-13,15-17H2/t19-,23-/m0/s1. The van der Waals surface area contributed by atoms with Crippen LogP contribution in [0.3, 0.4) is 0 Å². The van der Waals surface area contributed by atoms with Crippen molar-refractivity contribution in [3.8, 4) is 17.2 Å². The monoisotopic (exact) mass is 411 g/mol. The summed E-state index contributed by atoms with van der Waals surface area (Å²) in [4.78, 5) is 2.69. The zero-order chi connectivity index (χ0) is 20.3. The van der Waals surface area contributed by atoms with Gasteiger partial charge in [-0.15, -0.1) is 0 Å². The molecule has 2 aromatic rings. The summed E-state index contributed by atoms with van der Waals surface area (Å²) in [6.45, 7) is 3.07. The van der Waals surface area contributed by atoms with Crippen molar-refractivity contribution in [2.24, 2.45) is 5.92 Å². The normalized spacial score (nSPS) is 24.7. The SMILES string of the molecule is Fc1ccc([C@@H]2CCN(C3CCCCC3)C[C@H]2COc2ccc3c(c2)OCO3)cc1. The van der Waals surface area contributed by atoms with E-state index in [-0.39, 0.29) is 12.6 Å². The Balaban J connectivity index is 1.31. The number of halogens is 1. The highest BCUT2D eigenvalue weighted by molar-refractivity contribution is 5.46. The third-order valence-electron chi connectivity index (χ3n) is 6.96. The minimum atomic E-state index is -0.174. The predicted octanol–water partition coefficient (Wildman–Crippen LogP) is 5.37. The first-order valence-electron chi connectivity index (χ1n) is 11.3. The zero-order valence-electron chi connectivity index (χ0n) is 17.4. The van der Waals surface area contributed by atoms with Crippen molar-refractivity contribution in [3.05, 3.63) is 53.8 Å². The van der Waals surface area contributed by atoms with Crippen LogP contribution in [0.15, 0.2) is 42.5 Å². The molecular weight excluding hydrogens is 381 g/mol. The molecule has 3 aliphatic rings. The molecule has 2 aliphatic heterocycles. The van der Waals surface area contributed by atoms with Gasteiger partial charge < -0.3 is 14.2 Å². The molecule has 0 N–H and O–H groups in total. The molecule has 0 amide bonds. The van der Waals surface area contributed by atoms with Crippen molar-refractivity contribution in [3.63, 3.8) is 0 Å². The van der Waals surface area contributed by atoms with Gasteiger partial charge in [-0.2, -0.15) is 0 Å². The van der Waals surface area contributed by atoms with Gasteiger partial charge in [-0.05, 0) is 61.6 Å². The maximum absolute atomic E-state index is 13.5. The van der Waals surface area contributed by atoms with E-state index >= 15 is 0 Å². The fourth-order valence-electron chi connectivity index (χ4n) is 5.33. The fourth-order valence-corrected chi connectivity index (χ4v) is 5.33. The summed E-state index contributed by atoms with van der Waals surface area (Å²) in [6.07, 6.45) is 7.80. The third-order valence-corrected chi connectivity index (χ3v) is 6.96. The number of fused-ring (bicyclic) bond motifs is 1. The van der Waals surface area contributed by atoms with Gasteiger partial charge in [0.05, 0.1) is 6.61 Å². The van der Waals surface area contributed by atoms with Gasteiger partial charge in [-0.25, -0.2) is 4.39 Å². The van der Waals surface area contributed by atoms with Gasteiger partial charge in [0, 0.05) is 24.6 Å². The van der Waals surface area contributed by atoms with E-state index in [0.717, 1.165) is 36.8 Å². The molecule has 1 aliphatic carbocycles. The summed E-state index contributed by atoms with van der Waals surface area (Å²) >= 11 is 0. The number of hydrogen-bond donors (Lipinski definition) is 0. The van der Waals surface area contributed by atoms with Gasteiger partial charge in [-0.3, -0.25) is 4.90 Å². The van der Waals surface area contributed by atoms with Gasteiger partial charge in [0.25, 0.3) is 0 Å². The van der Waals surface area contributed by atoms with E-state index in [1.807, 2.05) is 30.3 Å². The molecule has 5 heteroatoms. The van der Waals surface area contributed by atoms with E-state index in [1.165, 1.54) is 37.7 Å². The highest BCUT2D eigenvalue weighted by Crippen LogP contribution is 2.38. The molecule has 160 valence electrons. The van der Waals surface area contributed by atoms with Crippen molar-refractivity contribution in [2.75, 3.05) is 26.5 Å². The highest BCUT2D eigenvalue weighted by Gasteiger charge is 2.34. The summed E-state index contributed by atoms with van der Waals surface area (Å²) in [6, 6.07) is 13.5. The molecule has 2 aromatic carbocycles. The Morgan fingerprint density at radius 1 is 0.933 bits per heavy atom. The van der Waals surface area contributed by atoms with Crippen LogP contribution in [0.4, 0.5) is 4.39 Å². The molecule has 4 nitrogen and oxygen atoms in total. The Hall–Kier alpha value is -2.27. The number of ether oxygens (including phenoxy) is 3. The Bertz CT molecular complexity index is 850. The van der Waals surface area contributed by atoms with Gasteiger partial charge in [0.15, 0.2) is 11.5 Å². The first-order valence-corrected chi connectivity index (χ1v) is 11.3. The molecule has 0 bridgehead atoms. The Labute approximate surface area is 177 Å². The van der Waals surface area contributed by atoms with E-state index in [4.69, 9.17) is 14.2 Å². The van der Waals surface area contributed by atoms with E-state index in [0.29, 0.717) is 24.5 Å². The van der Waals surface area contributed by atoms with Crippen LogP contribution in [-0.2, 0) is 0 Å². The maximum atomic E-state index is 13.5. The maximum Gasteiger partial charge on any atom is 0.231 e. The minimum absolute atomic E-state index is 0.174. The number of benzene rings is 2. The lowest BCUT2D eigenvalue weighted by molar-refractivity contribution is 0.0639. The van der Waals surface area contributed by atoms with Crippen LogP contribution >= 0.6 is 0 Å². The first kappa shape index (κ1) is 19.7. The number of rotatable bonds is 5. The second kappa shape index (κ2) is 8.84. The highest BCUT2D eigenvalue weighted by atomic mass is 19.1. The molecule has 0 aromatic heterocycles. The van der Waals surface area contributed by atoms with E-state index in [1.54, 1.807) is 12.1 Å². The molecule has 2 atom stereocenters. The van der Waals surface area contributed by atoms with Crippen LogP contribution in [-0.4, -0.2) is 37.4 Å². The molecule has 2 fully saturated rings. The van der Waals surface area contributed by atoms with E-state index in [9.17, 15) is 4.39 Å².